The van der Waals surface area contributed by atoms with Crippen molar-refractivity contribution in [2.45, 2.75) is 13.8 Å². The molecule has 1 aliphatic heterocycles. The lowest BCUT2D eigenvalue weighted by atomic mass is 10.2. The fourth-order valence-corrected chi connectivity index (χ4v) is 3.10. The molecule has 0 bridgehead atoms. The van der Waals surface area contributed by atoms with Crippen LogP contribution in [0.3, 0.4) is 0 Å². The molecular weight excluding hydrogens is 360 g/mol. The first-order valence-electron chi connectivity index (χ1n) is 9.22. The summed E-state index contributed by atoms with van der Waals surface area (Å²) in [6.45, 7) is 6.51. The van der Waals surface area contributed by atoms with E-state index < -0.39 is 0 Å². The Morgan fingerprint density at radius 3 is 2.68 bits per heavy atom. The van der Waals surface area contributed by atoms with Crippen LogP contribution in [-0.2, 0) is 4.74 Å². The van der Waals surface area contributed by atoms with Crippen molar-refractivity contribution in [1.29, 1.82) is 0 Å². The van der Waals surface area contributed by atoms with Gasteiger partial charge in [0.05, 0.1) is 19.4 Å². The number of nitrogens with zero attached hydrogens (tertiary/aromatic N) is 4. The van der Waals surface area contributed by atoms with Gasteiger partial charge in [-0.3, -0.25) is 0 Å². The highest BCUT2D eigenvalue weighted by Gasteiger charge is 2.24. The van der Waals surface area contributed by atoms with Crippen LogP contribution in [0.25, 0.3) is 0 Å². The third kappa shape index (κ3) is 4.19. The maximum absolute atomic E-state index is 11.9. The Morgan fingerprint density at radius 2 is 2.00 bits per heavy atom. The molecule has 0 unspecified atom stereocenters. The summed E-state index contributed by atoms with van der Waals surface area (Å²) in [5, 5.41) is 3.24. The topological polar surface area (TPSA) is 106 Å². The van der Waals surface area contributed by atoms with Crippen LogP contribution in [0.2, 0.25) is 0 Å². The van der Waals surface area contributed by atoms with Gasteiger partial charge in [-0.1, -0.05) is 6.07 Å². The van der Waals surface area contributed by atoms with E-state index >= 15 is 0 Å². The van der Waals surface area contributed by atoms with E-state index in [1.807, 2.05) is 30.0 Å². The maximum Gasteiger partial charge on any atom is 0.409 e. The second-order valence-electron chi connectivity index (χ2n) is 6.46. The summed E-state index contributed by atoms with van der Waals surface area (Å²) in [5.74, 6) is 1.86. The van der Waals surface area contributed by atoms with E-state index in [1.165, 1.54) is 6.33 Å². The van der Waals surface area contributed by atoms with Crippen molar-refractivity contribution in [3.8, 4) is 5.75 Å². The number of ether oxygens (including phenoxy) is 2. The smallest absolute Gasteiger partial charge is 0.409 e. The van der Waals surface area contributed by atoms with Crippen molar-refractivity contribution in [3.05, 3.63) is 30.1 Å². The first-order chi connectivity index (χ1) is 13.5. The van der Waals surface area contributed by atoms with Crippen LogP contribution in [0, 0.1) is 6.92 Å². The molecule has 0 aliphatic carbocycles. The van der Waals surface area contributed by atoms with Crippen LogP contribution in [0.5, 0.6) is 5.75 Å². The summed E-state index contributed by atoms with van der Waals surface area (Å²) in [6, 6.07) is 5.84. The minimum atomic E-state index is -0.285. The number of carbonyl (C=O) groups excluding carboxylic acids is 1. The molecule has 0 saturated carbocycles. The van der Waals surface area contributed by atoms with Gasteiger partial charge in [-0.15, -0.1) is 0 Å². The molecule has 1 aliphatic rings. The van der Waals surface area contributed by atoms with Gasteiger partial charge < -0.3 is 30.3 Å². The number of hydrogen-bond acceptors (Lipinski definition) is 8. The molecule has 0 radical (unpaired) electrons. The second-order valence-corrected chi connectivity index (χ2v) is 6.46. The number of hydrogen-bond donors (Lipinski definition) is 2. The predicted octanol–water partition coefficient (Wildman–Crippen LogP) is 2.40. The van der Waals surface area contributed by atoms with E-state index in [-0.39, 0.29) is 6.09 Å². The predicted molar refractivity (Wildman–Crippen MR) is 108 cm³/mol. The molecular formula is C19H26N6O3. The number of amides is 1. The van der Waals surface area contributed by atoms with Gasteiger partial charge in [0.15, 0.2) is 11.6 Å². The second kappa shape index (κ2) is 8.64. The number of aromatic nitrogens is 2. The summed E-state index contributed by atoms with van der Waals surface area (Å²) in [7, 11) is 1.62. The molecule has 3 rings (SSSR count). The molecule has 2 heterocycles. The lowest BCUT2D eigenvalue weighted by Crippen LogP contribution is -2.49. The average Bonchev–Trinajstić information content (AvgIpc) is 2.70. The third-order valence-corrected chi connectivity index (χ3v) is 4.58. The van der Waals surface area contributed by atoms with E-state index in [9.17, 15) is 4.79 Å². The summed E-state index contributed by atoms with van der Waals surface area (Å²) < 4.78 is 10.5. The first-order valence-corrected chi connectivity index (χ1v) is 9.22. The van der Waals surface area contributed by atoms with Gasteiger partial charge in [0.25, 0.3) is 0 Å². The SMILES string of the molecule is CCOC(=O)N1CCN(c2ncnc(Nc3cc(C)ccc3OC)c2N)CC1. The van der Waals surface area contributed by atoms with Crippen LogP contribution in [0.15, 0.2) is 24.5 Å². The molecule has 1 saturated heterocycles. The minimum absolute atomic E-state index is 0.285. The van der Waals surface area contributed by atoms with Crippen molar-refractivity contribution in [3.63, 3.8) is 0 Å². The Bertz CT molecular complexity index is 836. The molecule has 0 atom stereocenters. The lowest BCUT2D eigenvalue weighted by Gasteiger charge is -2.35. The van der Waals surface area contributed by atoms with Crippen LogP contribution >= 0.6 is 0 Å². The minimum Gasteiger partial charge on any atom is -0.495 e. The van der Waals surface area contributed by atoms with Crippen LogP contribution in [0.1, 0.15) is 12.5 Å². The summed E-state index contributed by atoms with van der Waals surface area (Å²) in [6.07, 6.45) is 1.19. The molecule has 1 aromatic heterocycles. The number of benzene rings is 1. The molecule has 28 heavy (non-hydrogen) atoms. The monoisotopic (exact) mass is 386 g/mol. The Labute approximate surface area is 164 Å². The molecule has 9 heteroatoms. The normalized spacial score (nSPS) is 14.0. The molecule has 150 valence electrons. The highest BCUT2D eigenvalue weighted by atomic mass is 16.6. The Kier molecular flexibility index (Phi) is 6.03. The largest absolute Gasteiger partial charge is 0.495 e. The number of nitrogen functional groups attached to an aromatic ring is 1. The lowest BCUT2D eigenvalue weighted by molar-refractivity contribution is 0.105. The Balaban J connectivity index is 1.76. The number of piperazine rings is 1. The molecule has 0 spiro atoms. The molecule has 1 amide bonds. The fourth-order valence-electron chi connectivity index (χ4n) is 3.10. The number of methoxy groups -OCH3 is 1. The van der Waals surface area contributed by atoms with Crippen molar-refractivity contribution in [1.82, 2.24) is 14.9 Å². The van der Waals surface area contributed by atoms with Gasteiger partial charge in [0, 0.05) is 26.2 Å². The van der Waals surface area contributed by atoms with Gasteiger partial charge in [-0.05, 0) is 31.5 Å². The number of nitrogens with one attached hydrogen (secondary N) is 1. The highest BCUT2D eigenvalue weighted by Crippen LogP contribution is 2.33. The summed E-state index contributed by atoms with van der Waals surface area (Å²) in [5.41, 5.74) is 8.69. The zero-order valence-electron chi connectivity index (χ0n) is 16.4. The van der Waals surface area contributed by atoms with E-state index in [1.54, 1.807) is 18.9 Å². The van der Waals surface area contributed by atoms with Crippen LogP contribution in [-0.4, -0.2) is 60.9 Å². The number of nitrogens with two attached hydrogens (primary N) is 1. The van der Waals surface area contributed by atoms with Crippen LogP contribution in [0.4, 0.5) is 27.8 Å². The van der Waals surface area contributed by atoms with Gasteiger partial charge in [0.1, 0.15) is 17.8 Å². The first kappa shape index (κ1) is 19.5. The van der Waals surface area contributed by atoms with Crippen LogP contribution < -0.4 is 20.7 Å². The number of aryl methyl sites for hydroxylation is 1. The van der Waals surface area contributed by atoms with Crippen molar-refractivity contribution in [2.24, 2.45) is 0 Å². The zero-order valence-corrected chi connectivity index (χ0v) is 16.4. The molecule has 1 aromatic carbocycles. The van der Waals surface area contributed by atoms with Crippen molar-refractivity contribution >= 4 is 29.1 Å². The molecule has 1 fully saturated rings. The molecule has 2 aromatic rings. The quantitative estimate of drug-likeness (QED) is 0.807. The Morgan fingerprint density at radius 1 is 1.25 bits per heavy atom. The highest BCUT2D eigenvalue weighted by molar-refractivity contribution is 5.80. The number of rotatable bonds is 5. The van der Waals surface area contributed by atoms with E-state index in [0.29, 0.717) is 55.9 Å². The molecule has 9 nitrogen and oxygen atoms in total. The summed E-state index contributed by atoms with van der Waals surface area (Å²) in [4.78, 5) is 24.2. The van der Waals surface area contributed by atoms with Crippen molar-refractivity contribution in [2.75, 3.05) is 55.8 Å². The fraction of sp³-hybridized carbons (Fsp3) is 0.421. The summed E-state index contributed by atoms with van der Waals surface area (Å²) >= 11 is 0. The van der Waals surface area contributed by atoms with Crippen molar-refractivity contribution < 1.29 is 14.3 Å². The zero-order chi connectivity index (χ0) is 20.1. The third-order valence-electron chi connectivity index (χ3n) is 4.58. The van der Waals surface area contributed by atoms with Gasteiger partial charge in [-0.25, -0.2) is 14.8 Å². The number of anilines is 4. The average molecular weight is 386 g/mol. The maximum atomic E-state index is 11.9. The standard InChI is InChI=1S/C19H26N6O3/c1-4-28-19(26)25-9-7-24(8-10-25)18-16(20)17(21-12-22-18)23-14-11-13(2)5-6-15(14)27-3/h5-6,11-12H,4,7-10,20H2,1-3H3,(H,21,22,23). The van der Waals surface area contributed by atoms with E-state index in [4.69, 9.17) is 15.2 Å². The van der Waals surface area contributed by atoms with Gasteiger partial charge in [0.2, 0.25) is 0 Å². The number of carbonyl (C=O) groups is 1. The Hall–Kier alpha value is -3.23. The van der Waals surface area contributed by atoms with Gasteiger partial charge in [-0.2, -0.15) is 0 Å². The van der Waals surface area contributed by atoms with Gasteiger partial charge >= 0.3 is 6.09 Å². The molecule has 3 N–H and O–H groups in total. The van der Waals surface area contributed by atoms with E-state index in [2.05, 4.69) is 15.3 Å². The van der Waals surface area contributed by atoms with E-state index in [0.717, 1.165) is 11.3 Å².